The summed E-state index contributed by atoms with van der Waals surface area (Å²) in [5.74, 6) is -0.0110. The molecule has 0 fully saturated rings. The minimum absolute atomic E-state index is 0.145. The summed E-state index contributed by atoms with van der Waals surface area (Å²) in [6.07, 6.45) is 1.55. The Labute approximate surface area is 180 Å². The first-order valence-corrected chi connectivity index (χ1v) is 10.6. The van der Waals surface area contributed by atoms with E-state index in [1.807, 2.05) is 32.0 Å². The van der Waals surface area contributed by atoms with Crippen LogP contribution in [0.1, 0.15) is 69.4 Å². The minimum atomic E-state index is -0.485. The van der Waals surface area contributed by atoms with Crippen molar-refractivity contribution in [3.8, 4) is 11.5 Å². The number of carbonyl (C=O) groups is 2. The van der Waals surface area contributed by atoms with Gasteiger partial charge in [-0.15, -0.1) is 0 Å². The third-order valence-corrected chi connectivity index (χ3v) is 4.96. The molecule has 5 nitrogen and oxygen atoms in total. The molecule has 0 aliphatic rings. The Morgan fingerprint density at radius 3 is 2.03 bits per heavy atom. The quantitative estimate of drug-likeness (QED) is 0.414. The Kier molecular flexibility index (Phi) is 8.04. The summed E-state index contributed by atoms with van der Waals surface area (Å²) in [4.78, 5) is 26.8. The first kappa shape index (κ1) is 23.5. The maximum atomic E-state index is 12.7. The van der Waals surface area contributed by atoms with Crippen LogP contribution in [0.2, 0.25) is 0 Å². The zero-order chi connectivity index (χ0) is 22.3. The zero-order valence-electron chi connectivity index (χ0n) is 19.0. The second-order valence-electron chi connectivity index (χ2n) is 8.29. The van der Waals surface area contributed by atoms with Crippen molar-refractivity contribution in [3.05, 3.63) is 59.2 Å². The van der Waals surface area contributed by atoms with Gasteiger partial charge in [-0.2, -0.15) is 0 Å². The van der Waals surface area contributed by atoms with Gasteiger partial charge in [0.15, 0.2) is 11.5 Å². The Balaban J connectivity index is 2.30. The van der Waals surface area contributed by atoms with Gasteiger partial charge in [0.25, 0.3) is 0 Å². The van der Waals surface area contributed by atoms with Crippen molar-refractivity contribution in [2.75, 3.05) is 13.1 Å². The van der Waals surface area contributed by atoms with Gasteiger partial charge in [0.05, 0.1) is 5.56 Å². The molecule has 1 amide bonds. The van der Waals surface area contributed by atoms with Crippen LogP contribution in [-0.2, 0) is 11.8 Å². The van der Waals surface area contributed by atoms with Crippen molar-refractivity contribution < 1.29 is 19.1 Å². The highest BCUT2D eigenvalue weighted by atomic mass is 16.6. The molecule has 0 N–H and O–H groups in total. The fourth-order valence-corrected chi connectivity index (χ4v) is 3.03. The van der Waals surface area contributed by atoms with Gasteiger partial charge in [-0.05, 0) is 61.1 Å². The molecule has 0 radical (unpaired) electrons. The van der Waals surface area contributed by atoms with Gasteiger partial charge in [0.1, 0.15) is 0 Å². The molecular weight excluding hydrogens is 378 g/mol. The van der Waals surface area contributed by atoms with E-state index in [-0.39, 0.29) is 16.9 Å². The third kappa shape index (κ3) is 6.09. The summed E-state index contributed by atoms with van der Waals surface area (Å²) < 4.78 is 11.2. The molecule has 162 valence electrons. The second-order valence-corrected chi connectivity index (χ2v) is 8.29. The molecule has 2 rings (SSSR count). The van der Waals surface area contributed by atoms with Crippen molar-refractivity contribution in [2.24, 2.45) is 0 Å². The van der Waals surface area contributed by atoms with E-state index in [9.17, 15) is 9.59 Å². The first-order valence-electron chi connectivity index (χ1n) is 10.6. The number of hydrogen-bond donors (Lipinski definition) is 0. The Hall–Kier alpha value is -2.82. The summed E-state index contributed by atoms with van der Waals surface area (Å²) in [5.41, 5.74) is 2.47. The van der Waals surface area contributed by atoms with Crippen LogP contribution in [0.4, 0.5) is 4.79 Å². The molecule has 0 aliphatic heterocycles. The summed E-state index contributed by atoms with van der Waals surface area (Å²) in [5, 5.41) is 0. The number of ether oxygens (including phenoxy) is 2. The lowest BCUT2D eigenvalue weighted by Crippen LogP contribution is -2.33. The van der Waals surface area contributed by atoms with Crippen LogP contribution in [-0.4, -0.2) is 30.1 Å². The molecular formula is C25H33NO4. The van der Waals surface area contributed by atoms with E-state index in [2.05, 4.69) is 27.7 Å². The van der Waals surface area contributed by atoms with E-state index in [0.29, 0.717) is 18.7 Å². The lowest BCUT2D eigenvalue weighted by atomic mass is 9.87. The molecule has 0 bridgehead atoms. The van der Waals surface area contributed by atoms with Crippen molar-refractivity contribution in [1.82, 2.24) is 4.90 Å². The van der Waals surface area contributed by atoms with Crippen LogP contribution < -0.4 is 9.47 Å². The van der Waals surface area contributed by atoms with E-state index in [0.717, 1.165) is 18.4 Å². The number of benzene rings is 2. The summed E-state index contributed by atoms with van der Waals surface area (Å²) >= 11 is 0. The maximum Gasteiger partial charge on any atom is 0.415 e. The fraction of sp³-hybridized carbons (Fsp3) is 0.440. The topological polar surface area (TPSA) is 55.8 Å². The summed E-state index contributed by atoms with van der Waals surface area (Å²) in [7, 11) is 0. The van der Waals surface area contributed by atoms with Crippen LogP contribution >= 0.6 is 0 Å². The van der Waals surface area contributed by atoms with Gasteiger partial charge < -0.3 is 14.4 Å². The Bertz CT molecular complexity index is 862. The normalized spacial score (nSPS) is 11.1. The van der Waals surface area contributed by atoms with E-state index in [4.69, 9.17) is 9.47 Å². The Morgan fingerprint density at radius 1 is 0.867 bits per heavy atom. The molecule has 0 saturated heterocycles. The molecule has 0 aliphatic carbocycles. The number of carbonyl (C=O) groups excluding carboxylic acids is 2. The lowest BCUT2D eigenvalue weighted by molar-refractivity contribution is 0.0727. The maximum absolute atomic E-state index is 12.7. The molecule has 0 heterocycles. The highest BCUT2D eigenvalue weighted by Gasteiger charge is 2.22. The molecule has 0 atom stereocenters. The summed E-state index contributed by atoms with van der Waals surface area (Å²) in [6.45, 7) is 13.2. The van der Waals surface area contributed by atoms with Gasteiger partial charge >= 0.3 is 12.1 Å². The van der Waals surface area contributed by atoms with Gasteiger partial charge in [0, 0.05) is 13.1 Å². The van der Waals surface area contributed by atoms with Gasteiger partial charge in [0.2, 0.25) is 0 Å². The molecule has 2 aromatic carbocycles. The SMILES string of the molecule is CCCc1ccc(C(=O)Oc2ccc(C(C)(C)C)cc2OC(=O)N(CC)CC)cc1. The standard InChI is InChI=1S/C25H33NO4/c1-7-10-18-11-13-19(14-12-18)23(27)29-21-16-15-20(25(4,5)6)17-22(21)30-24(28)26(8-2)9-3/h11-17H,7-10H2,1-6H3. The van der Waals surface area contributed by atoms with E-state index < -0.39 is 12.1 Å². The molecule has 0 spiro atoms. The predicted molar refractivity (Wildman–Crippen MR) is 119 cm³/mol. The predicted octanol–water partition coefficient (Wildman–Crippen LogP) is 6.00. The van der Waals surface area contributed by atoms with Crippen LogP contribution in [0.25, 0.3) is 0 Å². The van der Waals surface area contributed by atoms with Crippen molar-refractivity contribution in [1.29, 1.82) is 0 Å². The average Bonchev–Trinajstić information content (AvgIpc) is 2.70. The van der Waals surface area contributed by atoms with Crippen LogP contribution in [0.5, 0.6) is 11.5 Å². The number of hydrogen-bond acceptors (Lipinski definition) is 4. The van der Waals surface area contributed by atoms with Crippen LogP contribution in [0, 0.1) is 0 Å². The average molecular weight is 412 g/mol. The van der Waals surface area contributed by atoms with Gasteiger partial charge in [-0.1, -0.05) is 52.3 Å². The number of rotatable bonds is 7. The third-order valence-electron chi connectivity index (χ3n) is 4.96. The highest BCUT2D eigenvalue weighted by molar-refractivity contribution is 5.91. The minimum Gasteiger partial charge on any atom is -0.419 e. The molecule has 0 unspecified atom stereocenters. The van der Waals surface area contributed by atoms with Crippen LogP contribution in [0.3, 0.4) is 0 Å². The number of aryl methyl sites for hydroxylation is 1. The van der Waals surface area contributed by atoms with E-state index >= 15 is 0 Å². The molecule has 2 aromatic rings. The van der Waals surface area contributed by atoms with Crippen molar-refractivity contribution in [2.45, 2.75) is 59.8 Å². The van der Waals surface area contributed by atoms with Crippen LogP contribution in [0.15, 0.2) is 42.5 Å². The van der Waals surface area contributed by atoms with E-state index in [1.165, 1.54) is 5.56 Å². The lowest BCUT2D eigenvalue weighted by Gasteiger charge is -2.22. The fourth-order valence-electron chi connectivity index (χ4n) is 3.03. The molecule has 0 aromatic heterocycles. The molecule has 0 saturated carbocycles. The Morgan fingerprint density at radius 2 is 1.50 bits per heavy atom. The van der Waals surface area contributed by atoms with Gasteiger partial charge in [-0.25, -0.2) is 9.59 Å². The second kappa shape index (κ2) is 10.3. The van der Waals surface area contributed by atoms with Crippen molar-refractivity contribution in [3.63, 3.8) is 0 Å². The zero-order valence-corrected chi connectivity index (χ0v) is 19.0. The smallest absolute Gasteiger partial charge is 0.415 e. The van der Waals surface area contributed by atoms with E-state index in [1.54, 1.807) is 29.2 Å². The van der Waals surface area contributed by atoms with Crippen molar-refractivity contribution >= 4 is 12.1 Å². The molecule has 5 heteroatoms. The number of esters is 1. The monoisotopic (exact) mass is 411 g/mol. The first-order chi connectivity index (χ1) is 14.2. The van der Waals surface area contributed by atoms with Gasteiger partial charge in [-0.3, -0.25) is 0 Å². The largest absolute Gasteiger partial charge is 0.419 e. The number of nitrogens with zero attached hydrogens (tertiary/aromatic N) is 1. The highest BCUT2D eigenvalue weighted by Crippen LogP contribution is 2.34. The summed E-state index contributed by atoms with van der Waals surface area (Å²) in [6, 6.07) is 12.7. The number of amides is 1. The molecule has 30 heavy (non-hydrogen) atoms.